The van der Waals surface area contributed by atoms with Gasteiger partial charge in [-0.1, -0.05) is 28.9 Å². The Morgan fingerprint density at radius 1 is 1.41 bits per heavy atom. The third-order valence-corrected chi connectivity index (χ3v) is 4.63. The standard InChI is InChI=1S/C16H18ClN3OS/c1-18-16(22)20-8-3-2-7-14(20)13-10-15(21-19-13)11-5-4-6-12(17)9-11/h4-6,9-10,14H,2-3,7-8H2,1H3,(H,18,22)/t14-/m1/s1. The van der Waals surface area contributed by atoms with E-state index in [0.717, 1.165) is 41.5 Å². The summed E-state index contributed by atoms with van der Waals surface area (Å²) >= 11 is 11.4. The molecule has 6 heteroatoms. The molecule has 0 aliphatic carbocycles. The first-order valence-corrected chi connectivity index (χ1v) is 8.18. The highest BCUT2D eigenvalue weighted by molar-refractivity contribution is 7.80. The molecule has 22 heavy (non-hydrogen) atoms. The second kappa shape index (κ2) is 6.67. The van der Waals surface area contributed by atoms with Gasteiger partial charge in [0.2, 0.25) is 0 Å². The quantitative estimate of drug-likeness (QED) is 0.839. The van der Waals surface area contributed by atoms with Crippen LogP contribution in [-0.4, -0.2) is 28.8 Å². The van der Waals surface area contributed by atoms with Gasteiger partial charge in [0.1, 0.15) is 5.69 Å². The highest BCUT2D eigenvalue weighted by Crippen LogP contribution is 2.33. The van der Waals surface area contributed by atoms with Crippen molar-refractivity contribution in [3.8, 4) is 11.3 Å². The molecule has 0 spiro atoms. The van der Waals surface area contributed by atoms with Crippen molar-refractivity contribution < 1.29 is 4.52 Å². The molecule has 0 unspecified atom stereocenters. The molecule has 1 atom stereocenters. The third-order valence-electron chi connectivity index (χ3n) is 3.96. The van der Waals surface area contributed by atoms with Crippen molar-refractivity contribution in [3.63, 3.8) is 0 Å². The van der Waals surface area contributed by atoms with E-state index >= 15 is 0 Å². The fraction of sp³-hybridized carbons (Fsp3) is 0.375. The van der Waals surface area contributed by atoms with Crippen LogP contribution in [0.4, 0.5) is 0 Å². The van der Waals surface area contributed by atoms with E-state index in [0.29, 0.717) is 5.02 Å². The zero-order valence-corrected chi connectivity index (χ0v) is 14.0. The van der Waals surface area contributed by atoms with E-state index in [-0.39, 0.29) is 6.04 Å². The first-order valence-electron chi connectivity index (χ1n) is 7.40. The second-order valence-electron chi connectivity index (χ2n) is 5.39. The maximum atomic E-state index is 6.04. The highest BCUT2D eigenvalue weighted by Gasteiger charge is 2.28. The largest absolute Gasteiger partial charge is 0.366 e. The number of halogens is 1. The third kappa shape index (κ3) is 3.10. The lowest BCUT2D eigenvalue weighted by atomic mass is 9.99. The summed E-state index contributed by atoms with van der Waals surface area (Å²) in [7, 11) is 1.86. The minimum absolute atomic E-state index is 0.172. The van der Waals surface area contributed by atoms with Gasteiger partial charge in [0, 0.05) is 30.2 Å². The molecule has 0 saturated carbocycles. The van der Waals surface area contributed by atoms with Crippen LogP contribution in [-0.2, 0) is 0 Å². The normalized spacial score (nSPS) is 18.3. The van der Waals surface area contributed by atoms with Gasteiger partial charge in [0.25, 0.3) is 0 Å². The number of benzene rings is 1. The van der Waals surface area contributed by atoms with Gasteiger partial charge in [-0.25, -0.2) is 0 Å². The Labute approximate surface area is 140 Å². The van der Waals surface area contributed by atoms with E-state index in [2.05, 4.69) is 15.4 Å². The highest BCUT2D eigenvalue weighted by atomic mass is 35.5. The van der Waals surface area contributed by atoms with Gasteiger partial charge in [-0.15, -0.1) is 0 Å². The van der Waals surface area contributed by atoms with Crippen molar-refractivity contribution in [3.05, 3.63) is 41.0 Å². The van der Waals surface area contributed by atoms with E-state index in [9.17, 15) is 0 Å². The van der Waals surface area contributed by atoms with E-state index in [1.54, 1.807) is 0 Å². The van der Waals surface area contributed by atoms with Crippen molar-refractivity contribution in [1.82, 2.24) is 15.4 Å². The van der Waals surface area contributed by atoms with E-state index in [1.165, 1.54) is 6.42 Å². The molecule has 3 rings (SSSR count). The average Bonchev–Trinajstić information content (AvgIpc) is 3.04. The Hall–Kier alpha value is -1.59. The number of hydrogen-bond acceptors (Lipinski definition) is 3. The number of likely N-dealkylation sites (tertiary alicyclic amines) is 1. The molecule has 1 aromatic heterocycles. The smallest absolute Gasteiger partial charge is 0.169 e. The molecule has 0 amide bonds. The van der Waals surface area contributed by atoms with Crippen molar-refractivity contribution in [2.24, 2.45) is 0 Å². The molecule has 1 aromatic carbocycles. The molecule has 1 N–H and O–H groups in total. The van der Waals surface area contributed by atoms with Crippen LogP contribution in [0.15, 0.2) is 34.9 Å². The summed E-state index contributed by atoms with van der Waals surface area (Å²) in [6, 6.07) is 9.76. The zero-order chi connectivity index (χ0) is 15.5. The Balaban J connectivity index is 1.87. The van der Waals surface area contributed by atoms with Gasteiger partial charge in [-0.2, -0.15) is 0 Å². The SMILES string of the molecule is CNC(=S)N1CCCC[C@@H]1c1cc(-c2cccc(Cl)c2)on1. The lowest BCUT2D eigenvalue weighted by molar-refractivity contribution is 0.231. The Morgan fingerprint density at radius 3 is 3.05 bits per heavy atom. The molecule has 1 aliphatic rings. The minimum atomic E-state index is 0.172. The van der Waals surface area contributed by atoms with Gasteiger partial charge in [0.15, 0.2) is 10.9 Å². The average molecular weight is 336 g/mol. The van der Waals surface area contributed by atoms with Gasteiger partial charge in [0.05, 0.1) is 6.04 Å². The van der Waals surface area contributed by atoms with Crippen LogP contribution in [0.2, 0.25) is 5.02 Å². The molecule has 2 heterocycles. The zero-order valence-electron chi connectivity index (χ0n) is 12.4. The van der Waals surface area contributed by atoms with Gasteiger partial charge in [-0.3, -0.25) is 0 Å². The molecule has 1 saturated heterocycles. The van der Waals surface area contributed by atoms with Crippen molar-refractivity contribution in [1.29, 1.82) is 0 Å². The molecular formula is C16H18ClN3OS. The first-order chi connectivity index (χ1) is 10.7. The van der Waals surface area contributed by atoms with E-state index in [4.69, 9.17) is 28.3 Å². The Kier molecular flexibility index (Phi) is 4.64. The molecule has 0 radical (unpaired) electrons. The fourth-order valence-electron chi connectivity index (χ4n) is 2.85. The maximum absolute atomic E-state index is 6.04. The number of thiocarbonyl (C=S) groups is 1. The summed E-state index contributed by atoms with van der Waals surface area (Å²) in [4.78, 5) is 2.19. The van der Waals surface area contributed by atoms with Crippen LogP contribution < -0.4 is 5.32 Å². The number of nitrogens with zero attached hydrogens (tertiary/aromatic N) is 2. The van der Waals surface area contributed by atoms with Gasteiger partial charge in [-0.05, 0) is 43.6 Å². The molecule has 1 aliphatic heterocycles. The van der Waals surface area contributed by atoms with Crippen molar-refractivity contribution >= 4 is 28.9 Å². The van der Waals surface area contributed by atoms with Crippen LogP contribution in [0, 0.1) is 0 Å². The predicted molar refractivity (Wildman–Crippen MR) is 91.9 cm³/mol. The predicted octanol–water partition coefficient (Wildman–Crippen LogP) is 4.03. The van der Waals surface area contributed by atoms with E-state index < -0.39 is 0 Å². The molecule has 1 fully saturated rings. The molecule has 0 bridgehead atoms. The van der Waals surface area contributed by atoms with Crippen molar-refractivity contribution in [2.75, 3.05) is 13.6 Å². The van der Waals surface area contributed by atoms with Gasteiger partial charge < -0.3 is 14.7 Å². The fourth-order valence-corrected chi connectivity index (χ4v) is 3.26. The summed E-state index contributed by atoms with van der Waals surface area (Å²) in [6.07, 6.45) is 3.35. The maximum Gasteiger partial charge on any atom is 0.169 e. The second-order valence-corrected chi connectivity index (χ2v) is 6.21. The summed E-state index contributed by atoms with van der Waals surface area (Å²) < 4.78 is 5.52. The van der Waals surface area contributed by atoms with Gasteiger partial charge >= 0.3 is 0 Å². The van der Waals surface area contributed by atoms with E-state index in [1.807, 2.05) is 37.4 Å². The van der Waals surface area contributed by atoms with Crippen LogP contribution >= 0.6 is 23.8 Å². The number of nitrogens with one attached hydrogen (secondary N) is 1. The summed E-state index contributed by atoms with van der Waals surface area (Å²) in [5, 5.41) is 8.77. The summed E-state index contributed by atoms with van der Waals surface area (Å²) in [5.41, 5.74) is 1.86. The lowest BCUT2D eigenvalue weighted by Crippen LogP contribution is -2.43. The monoisotopic (exact) mass is 335 g/mol. The van der Waals surface area contributed by atoms with Crippen LogP contribution in [0.25, 0.3) is 11.3 Å². The summed E-state index contributed by atoms with van der Waals surface area (Å²) in [6.45, 7) is 0.948. The van der Waals surface area contributed by atoms with Crippen LogP contribution in [0.1, 0.15) is 31.0 Å². The number of rotatable bonds is 2. The summed E-state index contributed by atoms with van der Waals surface area (Å²) in [5.74, 6) is 0.735. The Morgan fingerprint density at radius 2 is 2.27 bits per heavy atom. The number of piperidine rings is 1. The Bertz CT molecular complexity index is 673. The molecule has 2 aromatic rings. The molecule has 116 valence electrons. The lowest BCUT2D eigenvalue weighted by Gasteiger charge is -2.36. The number of aromatic nitrogens is 1. The molecule has 4 nitrogen and oxygen atoms in total. The minimum Gasteiger partial charge on any atom is -0.366 e. The number of hydrogen-bond donors (Lipinski definition) is 1. The van der Waals surface area contributed by atoms with Crippen LogP contribution in [0.5, 0.6) is 0 Å². The topological polar surface area (TPSA) is 41.3 Å². The molecular weight excluding hydrogens is 318 g/mol. The van der Waals surface area contributed by atoms with Crippen LogP contribution in [0.3, 0.4) is 0 Å². The van der Waals surface area contributed by atoms with Crippen molar-refractivity contribution in [2.45, 2.75) is 25.3 Å². The first kappa shape index (κ1) is 15.3.